The highest BCUT2D eigenvalue weighted by Crippen LogP contribution is 2.23. The Labute approximate surface area is 160 Å². The molecule has 0 spiro atoms. The van der Waals surface area contributed by atoms with Crippen molar-refractivity contribution >= 4 is 17.2 Å². The van der Waals surface area contributed by atoms with Crippen molar-refractivity contribution in [1.82, 2.24) is 20.2 Å². The van der Waals surface area contributed by atoms with Gasteiger partial charge < -0.3 is 10.1 Å². The highest BCUT2D eigenvalue weighted by atomic mass is 32.1. The van der Waals surface area contributed by atoms with Crippen LogP contribution < -0.4 is 10.1 Å². The van der Waals surface area contributed by atoms with E-state index in [0.717, 1.165) is 33.4 Å². The Morgan fingerprint density at radius 1 is 0.963 bits per heavy atom. The number of thiazole rings is 1. The molecule has 1 N–H and O–H groups in total. The summed E-state index contributed by atoms with van der Waals surface area (Å²) in [5, 5.41) is 14.7. The van der Waals surface area contributed by atoms with Crippen molar-refractivity contribution in [3.05, 3.63) is 71.9 Å². The summed E-state index contributed by atoms with van der Waals surface area (Å²) >= 11 is 1.58. The Hall–Kier alpha value is -3.32. The first-order valence-corrected chi connectivity index (χ1v) is 9.27. The van der Waals surface area contributed by atoms with Crippen molar-refractivity contribution in [2.75, 3.05) is 12.4 Å². The quantitative estimate of drug-likeness (QED) is 0.542. The lowest BCUT2D eigenvalue weighted by atomic mass is 10.1. The monoisotopic (exact) mass is 375 g/mol. The maximum absolute atomic E-state index is 5.17. The van der Waals surface area contributed by atoms with Gasteiger partial charge in [0.25, 0.3) is 0 Å². The van der Waals surface area contributed by atoms with Gasteiger partial charge in [0.1, 0.15) is 16.6 Å². The first-order chi connectivity index (χ1) is 13.3. The molecule has 3 heterocycles. The van der Waals surface area contributed by atoms with Gasteiger partial charge in [-0.15, -0.1) is 21.5 Å². The number of hydrogen-bond donors (Lipinski definition) is 1. The van der Waals surface area contributed by atoms with Gasteiger partial charge >= 0.3 is 0 Å². The van der Waals surface area contributed by atoms with Crippen LogP contribution >= 0.6 is 11.3 Å². The molecule has 0 atom stereocenters. The summed E-state index contributed by atoms with van der Waals surface area (Å²) in [6, 6.07) is 17.4. The van der Waals surface area contributed by atoms with E-state index in [1.54, 1.807) is 24.6 Å². The van der Waals surface area contributed by atoms with E-state index in [-0.39, 0.29) is 0 Å². The second-order valence-corrected chi connectivity index (χ2v) is 6.60. The van der Waals surface area contributed by atoms with Gasteiger partial charge in [-0.1, -0.05) is 6.07 Å². The van der Waals surface area contributed by atoms with E-state index in [4.69, 9.17) is 4.74 Å². The number of nitrogens with zero attached hydrogens (tertiary/aromatic N) is 4. The molecule has 0 bridgehead atoms. The molecule has 0 radical (unpaired) electrons. The van der Waals surface area contributed by atoms with Crippen LogP contribution in [0.2, 0.25) is 0 Å². The maximum Gasteiger partial charge on any atom is 0.149 e. The molecule has 27 heavy (non-hydrogen) atoms. The number of benzene rings is 1. The molecule has 0 saturated carbocycles. The smallest absolute Gasteiger partial charge is 0.149 e. The van der Waals surface area contributed by atoms with Crippen molar-refractivity contribution in [2.24, 2.45) is 0 Å². The number of methoxy groups -OCH3 is 1. The number of rotatable bonds is 6. The Balaban J connectivity index is 1.39. The van der Waals surface area contributed by atoms with Crippen molar-refractivity contribution < 1.29 is 4.74 Å². The van der Waals surface area contributed by atoms with Crippen LogP contribution in [0.3, 0.4) is 0 Å². The summed E-state index contributed by atoms with van der Waals surface area (Å²) < 4.78 is 5.17. The number of nitrogens with one attached hydrogen (secondary N) is 1. The minimum Gasteiger partial charge on any atom is -0.497 e. The van der Waals surface area contributed by atoms with Crippen molar-refractivity contribution in [2.45, 2.75) is 6.54 Å². The van der Waals surface area contributed by atoms with Crippen LogP contribution in [0.5, 0.6) is 5.75 Å². The lowest BCUT2D eigenvalue weighted by Crippen LogP contribution is -2.03. The molecule has 4 aromatic rings. The molecular weight excluding hydrogens is 358 g/mol. The average Bonchev–Trinajstić information content (AvgIpc) is 3.22. The topological polar surface area (TPSA) is 72.8 Å². The summed E-state index contributed by atoms with van der Waals surface area (Å²) in [4.78, 5) is 8.94. The Morgan fingerprint density at radius 2 is 1.85 bits per heavy atom. The third kappa shape index (κ3) is 4.09. The third-order valence-corrected chi connectivity index (χ3v) is 4.85. The highest BCUT2D eigenvalue weighted by Gasteiger charge is 2.06. The fourth-order valence-corrected chi connectivity index (χ4v) is 3.31. The van der Waals surface area contributed by atoms with Crippen LogP contribution in [0.1, 0.15) is 5.69 Å². The fourth-order valence-electron chi connectivity index (χ4n) is 2.52. The van der Waals surface area contributed by atoms with Crippen LogP contribution in [0.15, 0.2) is 66.2 Å². The van der Waals surface area contributed by atoms with Crippen LogP contribution in [0.4, 0.5) is 5.82 Å². The minimum atomic E-state index is 0.583. The molecule has 0 aliphatic rings. The molecular formula is C20H17N5OS. The maximum atomic E-state index is 5.17. The Morgan fingerprint density at radius 3 is 2.56 bits per heavy atom. The lowest BCUT2D eigenvalue weighted by Gasteiger charge is -2.05. The van der Waals surface area contributed by atoms with Gasteiger partial charge in [0.15, 0.2) is 0 Å². The molecule has 6 nitrogen and oxygen atoms in total. The van der Waals surface area contributed by atoms with E-state index in [1.165, 1.54) is 0 Å². The standard InChI is InChI=1S/C20H17N5OS/c1-26-16-7-5-14(6-8-16)17-9-10-19(25-24-17)22-12-15-13-27-20(23-15)18-4-2-3-11-21-18/h2-11,13H,12H2,1H3,(H,22,25). The second kappa shape index (κ2) is 7.92. The zero-order valence-corrected chi connectivity index (χ0v) is 15.5. The number of ether oxygens (including phenoxy) is 1. The third-order valence-electron chi connectivity index (χ3n) is 3.94. The van der Waals surface area contributed by atoms with Crippen molar-refractivity contribution in [3.63, 3.8) is 0 Å². The molecule has 0 amide bonds. The highest BCUT2D eigenvalue weighted by molar-refractivity contribution is 7.13. The second-order valence-electron chi connectivity index (χ2n) is 5.74. The summed E-state index contributed by atoms with van der Waals surface area (Å²) in [5.41, 5.74) is 3.64. The van der Waals surface area contributed by atoms with Gasteiger partial charge in [0.2, 0.25) is 0 Å². The first kappa shape index (κ1) is 17.1. The molecule has 0 aliphatic carbocycles. The molecule has 1 aromatic carbocycles. The van der Waals surface area contributed by atoms with E-state index in [2.05, 4.69) is 25.5 Å². The Bertz CT molecular complexity index is 1000. The van der Waals surface area contributed by atoms with Gasteiger partial charge in [-0.2, -0.15) is 0 Å². The fraction of sp³-hybridized carbons (Fsp3) is 0.100. The van der Waals surface area contributed by atoms with Gasteiger partial charge in [-0.05, 0) is 48.5 Å². The Kier molecular flexibility index (Phi) is 5.02. The largest absolute Gasteiger partial charge is 0.497 e. The van der Waals surface area contributed by atoms with Crippen LogP contribution in [0.25, 0.3) is 22.0 Å². The molecule has 0 aliphatic heterocycles. The minimum absolute atomic E-state index is 0.583. The van der Waals surface area contributed by atoms with Crippen molar-refractivity contribution in [1.29, 1.82) is 0 Å². The predicted molar refractivity (Wildman–Crippen MR) is 107 cm³/mol. The molecule has 0 unspecified atom stereocenters. The summed E-state index contributed by atoms with van der Waals surface area (Å²) in [5.74, 6) is 1.53. The van der Waals surface area contributed by atoms with E-state index >= 15 is 0 Å². The van der Waals surface area contributed by atoms with Gasteiger partial charge in [-0.3, -0.25) is 4.98 Å². The number of aromatic nitrogens is 4. The number of anilines is 1. The average molecular weight is 375 g/mol. The van der Waals surface area contributed by atoms with E-state index in [9.17, 15) is 0 Å². The van der Waals surface area contributed by atoms with E-state index in [1.807, 2.05) is 60.0 Å². The zero-order chi connectivity index (χ0) is 18.5. The normalized spacial score (nSPS) is 10.6. The van der Waals surface area contributed by atoms with Gasteiger partial charge in [-0.25, -0.2) is 4.98 Å². The molecule has 0 saturated heterocycles. The summed E-state index contributed by atoms with van der Waals surface area (Å²) in [6.07, 6.45) is 1.77. The molecule has 0 fully saturated rings. The van der Waals surface area contributed by atoms with E-state index in [0.29, 0.717) is 12.4 Å². The molecule has 134 valence electrons. The number of hydrogen-bond acceptors (Lipinski definition) is 7. The molecule has 7 heteroatoms. The van der Waals surface area contributed by atoms with E-state index < -0.39 is 0 Å². The summed E-state index contributed by atoms with van der Waals surface area (Å²) in [7, 11) is 1.65. The van der Waals surface area contributed by atoms with Crippen molar-refractivity contribution in [3.8, 4) is 27.7 Å². The first-order valence-electron chi connectivity index (χ1n) is 8.39. The molecule has 3 aromatic heterocycles. The zero-order valence-electron chi connectivity index (χ0n) is 14.7. The lowest BCUT2D eigenvalue weighted by molar-refractivity contribution is 0.415. The van der Waals surface area contributed by atoms with Crippen LogP contribution in [-0.2, 0) is 6.54 Å². The SMILES string of the molecule is COc1ccc(-c2ccc(NCc3csc(-c4ccccn4)n3)nn2)cc1. The number of pyridine rings is 1. The van der Waals surface area contributed by atoms with Crippen LogP contribution in [0, 0.1) is 0 Å². The van der Waals surface area contributed by atoms with Crippen LogP contribution in [-0.4, -0.2) is 27.3 Å². The predicted octanol–water partition coefficient (Wildman–Crippen LogP) is 4.28. The van der Waals surface area contributed by atoms with Gasteiger partial charge in [0.05, 0.1) is 30.7 Å². The summed E-state index contributed by atoms with van der Waals surface area (Å²) in [6.45, 7) is 0.583. The van der Waals surface area contributed by atoms with Gasteiger partial charge in [0, 0.05) is 17.1 Å². The molecule has 4 rings (SSSR count).